The molecule has 0 saturated heterocycles. The third kappa shape index (κ3) is 3.26. The molecule has 28 heavy (non-hydrogen) atoms. The number of benzene rings is 2. The molecule has 0 bridgehead atoms. The molecule has 2 aliphatic rings. The van der Waals surface area contributed by atoms with E-state index in [1.807, 2.05) is 64.1 Å². The van der Waals surface area contributed by atoms with E-state index in [1.54, 1.807) is 7.11 Å². The Morgan fingerprint density at radius 2 is 1.86 bits per heavy atom. The molecule has 0 aliphatic carbocycles. The first-order valence-electron chi connectivity index (χ1n) is 9.57. The van der Waals surface area contributed by atoms with Crippen molar-refractivity contribution in [2.75, 3.05) is 12.4 Å². The number of carbonyl (C=O) groups is 1. The van der Waals surface area contributed by atoms with Crippen molar-refractivity contribution in [3.63, 3.8) is 0 Å². The van der Waals surface area contributed by atoms with Gasteiger partial charge in [-0.25, -0.2) is 0 Å². The number of hydrogen-bond acceptors (Lipinski definition) is 4. The predicted molar refractivity (Wildman–Crippen MR) is 111 cm³/mol. The van der Waals surface area contributed by atoms with E-state index in [0.29, 0.717) is 12.1 Å². The maximum Gasteiger partial charge on any atom is 0.274 e. The molecule has 5 nitrogen and oxygen atoms in total. The monoisotopic (exact) mass is 378 g/mol. The van der Waals surface area contributed by atoms with Gasteiger partial charge in [0.25, 0.3) is 5.91 Å². The maximum atomic E-state index is 13.2. The van der Waals surface area contributed by atoms with Crippen molar-refractivity contribution in [1.82, 2.24) is 0 Å². The molecule has 146 valence electrons. The summed E-state index contributed by atoms with van der Waals surface area (Å²) in [6, 6.07) is 11.5. The Morgan fingerprint density at radius 1 is 1.14 bits per heavy atom. The summed E-state index contributed by atoms with van der Waals surface area (Å²) in [7, 11) is 1.65. The lowest BCUT2D eigenvalue weighted by molar-refractivity contribution is -0.110. The highest BCUT2D eigenvalue weighted by Crippen LogP contribution is 2.47. The lowest BCUT2D eigenvalue weighted by Crippen LogP contribution is -2.36. The van der Waals surface area contributed by atoms with Crippen molar-refractivity contribution in [3.8, 4) is 11.5 Å². The number of aliphatic imine (C=N–C) groups is 1. The Hall–Kier alpha value is -2.82. The first-order valence-corrected chi connectivity index (χ1v) is 9.57. The Morgan fingerprint density at radius 3 is 2.54 bits per heavy atom. The number of ether oxygens (including phenoxy) is 2. The van der Waals surface area contributed by atoms with Gasteiger partial charge in [0.1, 0.15) is 11.3 Å². The number of para-hydroxylation sites is 1. The zero-order chi connectivity index (χ0) is 20.1. The molecule has 5 heteroatoms. The van der Waals surface area contributed by atoms with Crippen LogP contribution in [0.3, 0.4) is 0 Å². The molecular weight excluding hydrogens is 352 g/mol. The van der Waals surface area contributed by atoms with Crippen molar-refractivity contribution in [2.45, 2.75) is 51.7 Å². The van der Waals surface area contributed by atoms with Crippen LogP contribution in [-0.4, -0.2) is 29.9 Å². The summed E-state index contributed by atoms with van der Waals surface area (Å²) in [4.78, 5) is 18.1. The predicted octanol–water partition coefficient (Wildman–Crippen LogP) is 4.17. The molecule has 0 unspecified atom stereocenters. The minimum absolute atomic E-state index is 0.197. The number of nitrogens with zero attached hydrogens (tertiary/aromatic N) is 1. The number of methoxy groups -OCH3 is 1. The highest BCUT2D eigenvalue weighted by atomic mass is 16.5. The quantitative estimate of drug-likeness (QED) is 0.872. The molecule has 1 amide bonds. The Kier molecular flexibility index (Phi) is 4.21. The van der Waals surface area contributed by atoms with Crippen molar-refractivity contribution < 1.29 is 14.3 Å². The summed E-state index contributed by atoms with van der Waals surface area (Å²) in [5, 5.41) is 2.99. The van der Waals surface area contributed by atoms with E-state index in [-0.39, 0.29) is 17.0 Å². The SMILES string of the molecule is COc1cc2c(c3c1OC(C)(C)C3)C(C(=O)Nc1ccccc1)=NC(C)(C)C2. The van der Waals surface area contributed by atoms with Gasteiger partial charge in [0.15, 0.2) is 11.5 Å². The zero-order valence-corrected chi connectivity index (χ0v) is 17.1. The molecule has 0 saturated carbocycles. The van der Waals surface area contributed by atoms with E-state index in [4.69, 9.17) is 14.5 Å². The van der Waals surface area contributed by atoms with Crippen LogP contribution >= 0.6 is 0 Å². The number of amides is 1. The fourth-order valence-corrected chi connectivity index (χ4v) is 4.10. The van der Waals surface area contributed by atoms with Crippen LogP contribution in [0.4, 0.5) is 5.69 Å². The second kappa shape index (κ2) is 6.36. The van der Waals surface area contributed by atoms with Crippen LogP contribution < -0.4 is 14.8 Å². The summed E-state index contributed by atoms with van der Waals surface area (Å²) in [6.45, 7) is 8.19. The third-order valence-electron chi connectivity index (χ3n) is 5.15. The lowest BCUT2D eigenvalue weighted by Gasteiger charge is -2.30. The van der Waals surface area contributed by atoms with Gasteiger partial charge >= 0.3 is 0 Å². The molecule has 0 atom stereocenters. The van der Waals surface area contributed by atoms with E-state index in [0.717, 1.165) is 40.3 Å². The van der Waals surface area contributed by atoms with Gasteiger partial charge in [-0.3, -0.25) is 9.79 Å². The second-order valence-electron chi connectivity index (χ2n) is 8.73. The van der Waals surface area contributed by atoms with E-state index in [9.17, 15) is 4.79 Å². The maximum absolute atomic E-state index is 13.2. The van der Waals surface area contributed by atoms with Gasteiger partial charge in [0.05, 0.1) is 12.6 Å². The topological polar surface area (TPSA) is 59.9 Å². The van der Waals surface area contributed by atoms with Gasteiger partial charge < -0.3 is 14.8 Å². The summed E-state index contributed by atoms with van der Waals surface area (Å²) in [5.41, 5.74) is 3.49. The van der Waals surface area contributed by atoms with E-state index < -0.39 is 0 Å². The molecular formula is C23H26N2O3. The van der Waals surface area contributed by atoms with Crippen molar-refractivity contribution in [2.24, 2.45) is 4.99 Å². The minimum Gasteiger partial charge on any atom is -0.493 e. The largest absolute Gasteiger partial charge is 0.493 e. The van der Waals surface area contributed by atoms with Crippen LogP contribution in [0.15, 0.2) is 41.4 Å². The normalized spacial score (nSPS) is 18.4. The van der Waals surface area contributed by atoms with E-state index in [2.05, 4.69) is 5.32 Å². The Labute approximate surface area is 165 Å². The summed E-state index contributed by atoms with van der Waals surface area (Å²) < 4.78 is 11.8. The van der Waals surface area contributed by atoms with Gasteiger partial charge in [-0.15, -0.1) is 0 Å². The molecule has 2 aromatic carbocycles. The summed E-state index contributed by atoms with van der Waals surface area (Å²) >= 11 is 0. The first kappa shape index (κ1) is 18.5. The fraction of sp³-hybridized carbons (Fsp3) is 0.391. The molecule has 1 N–H and O–H groups in total. The molecule has 2 heterocycles. The van der Waals surface area contributed by atoms with Crippen LogP contribution in [0, 0.1) is 0 Å². The number of fused-ring (bicyclic) bond motifs is 3. The van der Waals surface area contributed by atoms with Crippen molar-refractivity contribution >= 4 is 17.3 Å². The Bertz CT molecular complexity index is 975. The molecule has 0 radical (unpaired) electrons. The number of anilines is 1. The second-order valence-corrected chi connectivity index (χ2v) is 8.73. The van der Waals surface area contributed by atoms with Crippen LogP contribution in [0.25, 0.3) is 0 Å². The molecule has 2 aromatic rings. The number of rotatable bonds is 3. The van der Waals surface area contributed by atoms with Gasteiger partial charge in [0.2, 0.25) is 0 Å². The van der Waals surface area contributed by atoms with Crippen LogP contribution in [0.2, 0.25) is 0 Å². The van der Waals surface area contributed by atoms with Gasteiger partial charge in [-0.2, -0.15) is 0 Å². The molecule has 4 rings (SSSR count). The van der Waals surface area contributed by atoms with Gasteiger partial charge in [0, 0.05) is 23.2 Å². The molecule has 0 spiro atoms. The number of carbonyl (C=O) groups excluding carboxylic acids is 1. The average Bonchev–Trinajstić information content (AvgIpc) is 2.95. The van der Waals surface area contributed by atoms with Crippen molar-refractivity contribution in [3.05, 3.63) is 53.1 Å². The highest BCUT2D eigenvalue weighted by Gasteiger charge is 2.40. The standard InChI is InChI=1S/C23H26N2O3/c1-22(2)12-14-11-17(27-5)20-16(13-23(3,4)28-20)18(14)19(25-22)21(26)24-15-9-7-6-8-10-15/h6-11H,12-13H2,1-5H3,(H,24,26). The van der Waals surface area contributed by atoms with Crippen LogP contribution in [0.5, 0.6) is 11.5 Å². The fourth-order valence-electron chi connectivity index (χ4n) is 4.10. The lowest BCUT2D eigenvalue weighted by atomic mass is 9.82. The molecule has 0 fully saturated rings. The smallest absolute Gasteiger partial charge is 0.274 e. The first-order chi connectivity index (χ1) is 13.2. The summed E-state index contributed by atoms with van der Waals surface area (Å²) in [5.74, 6) is 1.25. The summed E-state index contributed by atoms with van der Waals surface area (Å²) in [6.07, 6.45) is 1.45. The third-order valence-corrected chi connectivity index (χ3v) is 5.15. The van der Waals surface area contributed by atoms with Gasteiger partial charge in [-0.05, 0) is 57.9 Å². The Balaban J connectivity index is 1.84. The van der Waals surface area contributed by atoms with E-state index in [1.165, 1.54) is 0 Å². The van der Waals surface area contributed by atoms with Crippen LogP contribution in [-0.2, 0) is 17.6 Å². The zero-order valence-electron chi connectivity index (χ0n) is 17.1. The van der Waals surface area contributed by atoms with E-state index >= 15 is 0 Å². The van der Waals surface area contributed by atoms with Gasteiger partial charge in [-0.1, -0.05) is 18.2 Å². The van der Waals surface area contributed by atoms with Crippen LogP contribution in [0.1, 0.15) is 44.4 Å². The highest BCUT2D eigenvalue weighted by molar-refractivity contribution is 6.49. The number of hydrogen-bond donors (Lipinski definition) is 1. The number of nitrogens with one attached hydrogen (secondary N) is 1. The molecule has 2 aliphatic heterocycles. The molecule has 0 aromatic heterocycles. The average molecular weight is 378 g/mol. The minimum atomic E-state index is -0.370. The van der Waals surface area contributed by atoms with Crippen molar-refractivity contribution in [1.29, 1.82) is 0 Å².